The molecular formula is C20H24N4O2. The highest BCUT2D eigenvalue weighted by atomic mass is 16.2. The van der Waals surface area contributed by atoms with E-state index >= 15 is 0 Å². The molecule has 4 rings (SSSR count). The molecule has 1 aromatic carbocycles. The standard InChI is InChI=1S/C20H24N4O2/c1-14(24-12-2-11-21-24)20(26)23(18-9-10-18)13-15-3-5-16(6-4-15)19(25)22-17-7-8-17/h2-6,11-12,14,17-18H,7-10,13H2,1H3,(H,22,25). The van der Waals surface area contributed by atoms with E-state index in [4.69, 9.17) is 0 Å². The van der Waals surface area contributed by atoms with Crippen LogP contribution in [-0.4, -0.2) is 38.6 Å². The van der Waals surface area contributed by atoms with Crippen LogP contribution in [0, 0.1) is 0 Å². The second-order valence-corrected chi connectivity index (χ2v) is 7.30. The Hall–Kier alpha value is -2.63. The van der Waals surface area contributed by atoms with Gasteiger partial charge in [0.05, 0.1) is 0 Å². The van der Waals surface area contributed by atoms with Crippen LogP contribution in [0.5, 0.6) is 0 Å². The highest BCUT2D eigenvalue weighted by Gasteiger charge is 2.35. The van der Waals surface area contributed by atoms with Crippen LogP contribution in [0.25, 0.3) is 0 Å². The summed E-state index contributed by atoms with van der Waals surface area (Å²) < 4.78 is 1.70. The predicted molar refractivity (Wildman–Crippen MR) is 97.4 cm³/mol. The molecular weight excluding hydrogens is 328 g/mol. The van der Waals surface area contributed by atoms with E-state index in [1.807, 2.05) is 48.4 Å². The molecule has 1 aromatic heterocycles. The molecule has 1 N–H and O–H groups in total. The largest absolute Gasteiger partial charge is 0.349 e. The highest BCUT2D eigenvalue weighted by molar-refractivity contribution is 5.94. The van der Waals surface area contributed by atoms with Crippen LogP contribution in [0.4, 0.5) is 0 Å². The van der Waals surface area contributed by atoms with Gasteiger partial charge in [0.15, 0.2) is 0 Å². The Morgan fingerprint density at radius 2 is 1.96 bits per heavy atom. The fourth-order valence-corrected chi connectivity index (χ4v) is 3.09. The maximum Gasteiger partial charge on any atom is 0.251 e. The average Bonchev–Trinajstić information content (AvgIpc) is 3.59. The van der Waals surface area contributed by atoms with Crippen molar-refractivity contribution in [1.82, 2.24) is 20.0 Å². The number of aromatic nitrogens is 2. The van der Waals surface area contributed by atoms with Crippen LogP contribution in [0.1, 0.15) is 54.6 Å². The molecule has 0 radical (unpaired) electrons. The number of nitrogens with zero attached hydrogens (tertiary/aromatic N) is 3. The van der Waals surface area contributed by atoms with Gasteiger partial charge in [-0.2, -0.15) is 5.10 Å². The lowest BCUT2D eigenvalue weighted by molar-refractivity contribution is -0.135. The van der Waals surface area contributed by atoms with Crippen molar-refractivity contribution < 1.29 is 9.59 Å². The summed E-state index contributed by atoms with van der Waals surface area (Å²) in [4.78, 5) is 27.0. The van der Waals surface area contributed by atoms with E-state index < -0.39 is 0 Å². The minimum absolute atomic E-state index is 0.0125. The third kappa shape index (κ3) is 3.79. The zero-order valence-electron chi connectivity index (χ0n) is 15.0. The molecule has 2 aromatic rings. The van der Waals surface area contributed by atoms with E-state index in [1.165, 1.54) is 0 Å². The topological polar surface area (TPSA) is 67.2 Å². The quantitative estimate of drug-likeness (QED) is 0.833. The number of rotatable bonds is 7. The molecule has 6 nitrogen and oxygen atoms in total. The van der Waals surface area contributed by atoms with Crippen LogP contribution < -0.4 is 5.32 Å². The molecule has 2 fully saturated rings. The van der Waals surface area contributed by atoms with Gasteiger partial charge in [0, 0.05) is 36.6 Å². The van der Waals surface area contributed by atoms with Crippen molar-refractivity contribution in [3.05, 3.63) is 53.9 Å². The second kappa shape index (κ2) is 6.94. The van der Waals surface area contributed by atoms with Crippen molar-refractivity contribution in [3.8, 4) is 0 Å². The summed E-state index contributed by atoms with van der Waals surface area (Å²) in [5.41, 5.74) is 1.72. The van der Waals surface area contributed by atoms with E-state index in [0.29, 0.717) is 24.2 Å². The Morgan fingerprint density at radius 1 is 1.23 bits per heavy atom. The highest BCUT2D eigenvalue weighted by Crippen LogP contribution is 2.30. The molecule has 2 aliphatic rings. The van der Waals surface area contributed by atoms with Crippen LogP contribution >= 0.6 is 0 Å². The van der Waals surface area contributed by atoms with Crippen molar-refractivity contribution in [1.29, 1.82) is 0 Å². The lowest BCUT2D eigenvalue weighted by atomic mass is 10.1. The second-order valence-electron chi connectivity index (χ2n) is 7.30. The molecule has 1 unspecified atom stereocenters. The van der Waals surface area contributed by atoms with Crippen LogP contribution in [0.15, 0.2) is 42.7 Å². The zero-order chi connectivity index (χ0) is 18.1. The van der Waals surface area contributed by atoms with Crippen molar-refractivity contribution in [2.24, 2.45) is 0 Å². The third-order valence-electron chi connectivity index (χ3n) is 5.03. The number of nitrogens with one attached hydrogen (secondary N) is 1. The van der Waals surface area contributed by atoms with Gasteiger partial charge in [-0.15, -0.1) is 0 Å². The molecule has 1 heterocycles. The first-order valence-corrected chi connectivity index (χ1v) is 9.31. The summed E-state index contributed by atoms with van der Waals surface area (Å²) in [6, 6.07) is 9.78. The smallest absolute Gasteiger partial charge is 0.251 e. The molecule has 0 spiro atoms. The first-order chi connectivity index (χ1) is 12.6. The maximum atomic E-state index is 12.9. The van der Waals surface area contributed by atoms with Gasteiger partial charge in [-0.3, -0.25) is 14.3 Å². The Bertz CT molecular complexity index is 777. The van der Waals surface area contributed by atoms with Gasteiger partial charge in [-0.1, -0.05) is 12.1 Å². The molecule has 136 valence electrons. The number of amides is 2. The summed E-state index contributed by atoms with van der Waals surface area (Å²) in [6.07, 6.45) is 7.78. The maximum absolute atomic E-state index is 12.9. The number of carbonyl (C=O) groups excluding carboxylic acids is 2. The Morgan fingerprint density at radius 3 is 2.54 bits per heavy atom. The minimum atomic E-state index is -0.311. The zero-order valence-corrected chi connectivity index (χ0v) is 15.0. The number of hydrogen-bond acceptors (Lipinski definition) is 3. The Kier molecular flexibility index (Phi) is 4.49. The molecule has 0 saturated heterocycles. The first-order valence-electron chi connectivity index (χ1n) is 9.31. The van der Waals surface area contributed by atoms with Crippen LogP contribution in [0.2, 0.25) is 0 Å². The van der Waals surface area contributed by atoms with Crippen molar-refractivity contribution >= 4 is 11.8 Å². The van der Waals surface area contributed by atoms with Crippen LogP contribution in [0.3, 0.4) is 0 Å². The molecule has 0 bridgehead atoms. The number of carbonyl (C=O) groups is 2. The van der Waals surface area contributed by atoms with Gasteiger partial charge < -0.3 is 10.2 Å². The van der Waals surface area contributed by atoms with E-state index in [2.05, 4.69) is 10.4 Å². The number of benzene rings is 1. The Balaban J connectivity index is 1.43. The van der Waals surface area contributed by atoms with E-state index in [0.717, 1.165) is 31.2 Å². The molecule has 26 heavy (non-hydrogen) atoms. The van der Waals surface area contributed by atoms with E-state index in [-0.39, 0.29) is 17.9 Å². The van der Waals surface area contributed by atoms with Gasteiger partial charge in [0.2, 0.25) is 5.91 Å². The van der Waals surface area contributed by atoms with Gasteiger partial charge in [-0.05, 0) is 56.4 Å². The summed E-state index contributed by atoms with van der Waals surface area (Å²) in [5, 5.41) is 7.19. The Labute approximate surface area is 153 Å². The third-order valence-corrected chi connectivity index (χ3v) is 5.03. The molecule has 2 saturated carbocycles. The minimum Gasteiger partial charge on any atom is -0.349 e. The van der Waals surface area contributed by atoms with Crippen molar-refractivity contribution in [2.45, 2.75) is 57.3 Å². The predicted octanol–water partition coefficient (Wildman–Crippen LogP) is 2.53. The molecule has 0 aliphatic heterocycles. The molecule has 1 atom stereocenters. The number of hydrogen-bond donors (Lipinski definition) is 1. The van der Waals surface area contributed by atoms with Gasteiger partial charge in [0.1, 0.15) is 6.04 Å². The van der Waals surface area contributed by atoms with E-state index in [1.54, 1.807) is 10.9 Å². The monoisotopic (exact) mass is 352 g/mol. The molecule has 6 heteroatoms. The van der Waals surface area contributed by atoms with Gasteiger partial charge in [0.25, 0.3) is 5.91 Å². The lowest BCUT2D eigenvalue weighted by Crippen LogP contribution is -2.37. The normalized spacial score (nSPS) is 17.6. The van der Waals surface area contributed by atoms with E-state index in [9.17, 15) is 9.59 Å². The molecule has 2 aliphatic carbocycles. The molecule has 2 amide bonds. The van der Waals surface area contributed by atoms with Gasteiger partial charge >= 0.3 is 0 Å². The summed E-state index contributed by atoms with van der Waals surface area (Å²) in [5.74, 6) is 0.0771. The summed E-state index contributed by atoms with van der Waals surface area (Å²) >= 11 is 0. The van der Waals surface area contributed by atoms with Gasteiger partial charge in [-0.25, -0.2) is 0 Å². The average molecular weight is 352 g/mol. The first kappa shape index (κ1) is 16.8. The van der Waals surface area contributed by atoms with Crippen molar-refractivity contribution in [3.63, 3.8) is 0 Å². The van der Waals surface area contributed by atoms with Crippen molar-refractivity contribution in [2.75, 3.05) is 0 Å². The SMILES string of the molecule is CC(C(=O)N(Cc1ccc(C(=O)NC2CC2)cc1)C1CC1)n1cccn1. The fraction of sp³-hybridized carbons (Fsp3) is 0.450. The summed E-state index contributed by atoms with van der Waals surface area (Å²) in [7, 11) is 0. The van der Waals surface area contributed by atoms with Crippen LogP contribution in [-0.2, 0) is 11.3 Å². The fourth-order valence-electron chi connectivity index (χ4n) is 3.09. The summed E-state index contributed by atoms with van der Waals surface area (Å²) in [6.45, 7) is 2.45. The lowest BCUT2D eigenvalue weighted by Gasteiger charge is -2.26.